The molecule has 0 unspecified atom stereocenters. The fourth-order valence-electron chi connectivity index (χ4n) is 3.76. The molecule has 1 amide bonds. The van der Waals surface area contributed by atoms with Gasteiger partial charge in [0.1, 0.15) is 5.60 Å². The molecule has 0 aromatic rings. The molecule has 2 saturated heterocycles. The number of carbonyl (C=O) groups is 1. The molecule has 120 valence electrons. The largest absolute Gasteiger partial charge is 0.377 e. The van der Waals surface area contributed by atoms with Gasteiger partial charge in [-0.3, -0.25) is 4.79 Å². The highest BCUT2D eigenvalue weighted by molar-refractivity contribution is 5.79. The summed E-state index contributed by atoms with van der Waals surface area (Å²) in [6.07, 6.45) is 4.49. The molecule has 3 rings (SSSR count). The van der Waals surface area contributed by atoms with Crippen LogP contribution in [0.15, 0.2) is 0 Å². The third kappa shape index (κ3) is 3.58. The molecule has 0 bridgehead atoms. The summed E-state index contributed by atoms with van der Waals surface area (Å²) in [6, 6.07) is 0. The van der Waals surface area contributed by atoms with Gasteiger partial charge in [-0.1, -0.05) is 6.92 Å². The van der Waals surface area contributed by atoms with E-state index >= 15 is 0 Å². The maximum atomic E-state index is 12.8. The summed E-state index contributed by atoms with van der Waals surface area (Å²) >= 11 is 0. The van der Waals surface area contributed by atoms with Gasteiger partial charge in [0.15, 0.2) is 0 Å². The first-order chi connectivity index (χ1) is 10.2. The van der Waals surface area contributed by atoms with Gasteiger partial charge in [-0.25, -0.2) is 0 Å². The third-order valence-electron chi connectivity index (χ3n) is 5.16. The zero-order chi connectivity index (χ0) is 14.7. The molecule has 3 aliphatic rings. The average molecular weight is 296 g/mol. The predicted molar refractivity (Wildman–Crippen MR) is 80.1 cm³/mol. The van der Waals surface area contributed by atoms with Crippen molar-refractivity contribution in [1.82, 2.24) is 10.2 Å². The smallest absolute Gasteiger partial charge is 0.225 e. The second kappa shape index (κ2) is 6.63. The number of rotatable bonds is 1. The Labute approximate surface area is 127 Å². The highest BCUT2D eigenvalue weighted by atomic mass is 16.5. The van der Waals surface area contributed by atoms with E-state index in [1.165, 1.54) is 12.8 Å². The molecule has 1 atom stereocenters. The van der Waals surface area contributed by atoms with E-state index in [4.69, 9.17) is 9.47 Å². The molecular weight excluding hydrogens is 268 g/mol. The number of nitrogens with zero attached hydrogens (tertiary/aromatic N) is 1. The lowest BCUT2D eigenvalue weighted by Crippen LogP contribution is -2.60. The average Bonchev–Trinajstić information content (AvgIpc) is 2.73. The molecule has 3 fully saturated rings. The number of hydrogen-bond donors (Lipinski definition) is 1. The minimum Gasteiger partial charge on any atom is -0.377 e. The van der Waals surface area contributed by atoms with Crippen LogP contribution in [0.4, 0.5) is 0 Å². The van der Waals surface area contributed by atoms with Crippen LogP contribution in [0, 0.1) is 11.8 Å². The fourth-order valence-corrected chi connectivity index (χ4v) is 3.76. The van der Waals surface area contributed by atoms with E-state index in [0.29, 0.717) is 25.7 Å². The monoisotopic (exact) mass is 296 g/mol. The summed E-state index contributed by atoms with van der Waals surface area (Å²) in [5.74, 6) is 1.36. The third-order valence-corrected chi connectivity index (χ3v) is 5.16. The van der Waals surface area contributed by atoms with Crippen molar-refractivity contribution in [3.63, 3.8) is 0 Å². The van der Waals surface area contributed by atoms with Crippen LogP contribution in [-0.4, -0.2) is 62.4 Å². The molecule has 5 nitrogen and oxygen atoms in total. The van der Waals surface area contributed by atoms with Crippen LogP contribution in [0.2, 0.25) is 0 Å². The molecule has 1 N–H and O–H groups in total. The number of hydrogen-bond acceptors (Lipinski definition) is 4. The summed E-state index contributed by atoms with van der Waals surface area (Å²) in [5.41, 5.74) is -0.341. The van der Waals surface area contributed by atoms with Crippen molar-refractivity contribution >= 4 is 5.91 Å². The lowest BCUT2D eigenvalue weighted by Gasteiger charge is -2.43. The maximum Gasteiger partial charge on any atom is 0.225 e. The van der Waals surface area contributed by atoms with Crippen LogP contribution in [0.5, 0.6) is 0 Å². The SMILES string of the molecule is CC1CCC(C(=O)N2CCO[C@@]3(CNCCOC3)C2)CC1. The van der Waals surface area contributed by atoms with E-state index in [1.54, 1.807) is 0 Å². The van der Waals surface area contributed by atoms with Gasteiger partial charge in [-0.15, -0.1) is 0 Å². The Morgan fingerprint density at radius 3 is 2.86 bits per heavy atom. The molecular formula is C16H28N2O3. The Morgan fingerprint density at radius 1 is 1.24 bits per heavy atom. The molecule has 2 heterocycles. The summed E-state index contributed by atoms with van der Waals surface area (Å²) in [5, 5.41) is 3.36. The molecule has 2 aliphatic heterocycles. The van der Waals surface area contributed by atoms with Crippen LogP contribution in [0.3, 0.4) is 0 Å². The Hall–Kier alpha value is -0.650. The fraction of sp³-hybridized carbons (Fsp3) is 0.938. The first-order valence-corrected chi connectivity index (χ1v) is 8.40. The summed E-state index contributed by atoms with van der Waals surface area (Å²) in [6.45, 7) is 7.26. The molecule has 1 spiro atoms. The highest BCUT2D eigenvalue weighted by Gasteiger charge is 2.41. The van der Waals surface area contributed by atoms with E-state index in [9.17, 15) is 4.79 Å². The van der Waals surface area contributed by atoms with Gasteiger partial charge >= 0.3 is 0 Å². The summed E-state index contributed by atoms with van der Waals surface area (Å²) < 4.78 is 11.6. The molecule has 0 aromatic carbocycles. The molecule has 1 aliphatic carbocycles. The second-order valence-corrected chi connectivity index (χ2v) is 6.98. The van der Waals surface area contributed by atoms with Crippen molar-refractivity contribution in [3.05, 3.63) is 0 Å². The molecule has 1 saturated carbocycles. The lowest BCUT2D eigenvalue weighted by atomic mass is 9.82. The summed E-state index contributed by atoms with van der Waals surface area (Å²) in [4.78, 5) is 14.8. The van der Waals surface area contributed by atoms with Crippen molar-refractivity contribution in [2.75, 3.05) is 46.0 Å². The Balaban J connectivity index is 1.61. The van der Waals surface area contributed by atoms with Crippen molar-refractivity contribution in [2.24, 2.45) is 11.8 Å². The minimum absolute atomic E-state index is 0.232. The first-order valence-electron chi connectivity index (χ1n) is 8.40. The van der Waals surface area contributed by atoms with Crippen molar-refractivity contribution in [1.29, 1.82) is 0 Å². The lowest BCUT2D eigenvalue weighted by molar-refractivity contribution is -0.162. The number of carbonyl (C=O) groups excluding carboxylic acids is 1. The van der Waals surface area contributed by atoms with Crippen LogP contribution >= 0.6 is 0 Å². The van der Waals surface area contributed by atoms with E-state index in [1.807, 2.05) is 4.90 Å². The van der Waals surface area contributed by atoms with Crippen LogP contribution in [-0.2, 0) is 14.3 Å². The van der Waals surface area contributed by atoms with Gasteiger partial charge in [0.25, 0.3) is 0 Å². The first kappa shape index (κ1) is 15.3. The zero-order valence-electron chi connectivity index (χ0n) is 13.1. The molecule has 21 heavy (non-hydrogen) atoms. The highest BCUT2D eigenvalue weighted by Crippen LogP contribution is 2.31. The van der Waals surface area contributed by atoms with Crippen molar-refractivity contribution in [2.45, 2.75) is 38.2 Å². The van der Waals surface area contributed by atoms with Gasteiger partial charge in [0, 0.05) is 25.6 Å². The molecule has 0 radical (unpaired) electrons. The van der Waals surface area contributed by atoms with Crippen LogP contribution in [0.1, 0.15) is 32.6 Å². The predicted octanol–water partition coefficient (Wildman–Crippen LogP) is 1.03. The number of ether oxygens (including phenoxy) is 2. The van der Waals surface area contributed by atoms with E-state index in [-0.39, 0.29) is 11.5 Å². The number of nitrogens with one attached hydrogen (secondary N) is 1. The van der Waals surface area contributed by atoms with Crippen molar-refractivity contribution < 1.29 is 14.3 Å². The van der Waals surface area contributed by atoms with Gasteiger partial charge < -0.3 is 19.7 Å². The number of amides is 1. The Morgan fingerprint density at radius 2 is 2.05 bits per heavy atom. The summed E-state index contributed by atoms with van der Waals surface area (Å²) in [7, 11) is 0. The van der Waals surface area contributed by atoms with E-state index in [0.717, 1.165) is 45.0 Å². The van der Waals surface area contributed by atoms with Gasteiger partial charge in [-0.05, 0) is 31.6 Å². The topological polar surface area (TPSA) is 50.8 Å². The Bertz CT molecular complexity index is 359. The van der Waals surface area contributed by atoms with Crippen LogP contribution in [0.25, 0.3) is 0 Å². The quantitative estimate of drug-likeness (QED) is 0.785. The standard InChI is InChI=1S/C16H28N2O3/c1-13-2-4-14(5-3-13)15(19)18-7-9-21-16(11-18)10-17-6-8-20-12-16/h13-14,17H,2-12H2,1H3/t13?,14?,16-/m0/s1. The van der Waals surface area contributed by atoms with E-state index < -0.39 is 0 Å². The normalized spacial score (nSPS) is 38.2. The maximum absolute atomic E-state index is 12.8. The minimum atomic E-state index is -0.341. The van der Waals surface area contributed by atoms with Crippen molar-refractivity contribution in [3.8, 4) is 0 Å². The van der Waals surface area contributed by atoms with E-state index in [2.05, 4.69) is 12.2 Å². The number of morpholine rings is 1. The van der Waals surface area contributed by atoms with Gasteiger partial charge in [0.05, 0.1) is 26.4 Å². The van der Waals surface area contributed by atoms with Gasteiger partial charge in [-0.2, -0.15) is 0 Å². The van der Waals surface area contributed by atoms with Gasteiger partial charge in [0.2, 0.25) is 5.91 Å². The zero-order valence-corrected chi connectivity index (χ0v) is 13.1. The Kier molecular flexibility index (Phi) is 4.82. The second-order valence-electron chi connectivity index (χ2n) is 6.98. The molecule has 5 heteroatoms. The van der Waals surface area contributed by atoms with Crippen LogP contribution < -0.4 is 5.32 Å². The molecule has 0 aromatic heterocycles.